The quantitative estimate of drug-likeness (QED) is 0.922. The van der Waals surface area contributed by atoms with Crippen molar-refractivity contribution < 1.29 is 9.53 Å². The maximum absolute atomic E-state index is 12.4. The molecule has 1 fully saturated rings. The van der Waals surface area contributed by atoms with Crippen LogP contribution in [0, 0.1) is 0 Å². The van der Waals surface area contributed by atoms with Crippen molar-refractivity contribution in [1.29, 1.82) is 0 Å². The van der Waals surface area contributed by atoms with Crippen molar-refractivity contribution >= 4 is 32.3 Å². The Kier molecular flexibility index (Phi) is 4.52. The molecule has 1 amide bonds. The van der Waals surface area contributed by atoms with Gasteiger partial charge in [-0.15, -0.1) is 11.3 Å². The highest BCUT2D eigenvalue weighted by atomic mass is 32.1. The van der Waals surface area contributed by atoms with Gasteiger partial charge >= 0.3 is 0 Å². The van der Waals surface area contributed by atoms with E-state index < -0.39 is 6.10 Å². The summed E-state index contributed by atoms with van der Waals surface area (Å²) in [6, 6.07) is 1.77. The van der Waals surface area contributed by atoms with Crippen LogP contribution in [0.5, 0.6) is 0 Å². The molecule has 1 saturated heterocycles. The molecule has 2 aromatic heterocycles. The zero-order valence-electron chi connectivity index (χ0n) is 13.6. The summed E-state index contributed by atoms with van der Waals surface area (Å²) in [5.41, 5.74) is 1.07. The zero-order chi connectivity index (χ0) is 16.6. The molecule has 6 nitrogen and oxygen atoms in total. The van der Waals surface area contributed by atoms with E-state index in [-0.39, 0.29) is 11.5 Å². The van der Waals surface area contributed by atoms with Crippen LogP contribution in [-0.4, -0.2) is 48.2 Å². The van der Waals surface area contributed by atoms with Crippen LogP contribution in [0.25, 0.3) is 10.1 Å². The maximum atomic E-state index is 12.4. The number of carbonyl (C=O) groups excluding carboxylic acids is 1. The first-order valence-corrected chi connectivity index (χ1v) is 8.54. The Hall–Kier alpha value is -1.70. The molecule has 1 aliphatic rings. The lowest BCUT2D eigenvalue weighted by Gasteiger charge is -2.28. The molecule has 7 heteroatoms. The highest BCUT2D eigenvalue weighted by Crippen LogP contribution is 2.30. The molecule has 23 heavy (non-hydrogen) atoms. The molecule has 2 aromatic rings. The van der Waals surface area contributed by atoms with Crippen LogP contribution in [-0.2, 0) is 23.0 Å². The normalized spacial score (nSPS) is 19.2. The molecule has 1 unspecified atom stereocenters. The van der Waals surface area contributed by atoms with Gasteiger partial charge in [0.15, 0.2) is 0 Å². The lowest BCUT2D eigenvalue weighted by molar-refractivity contribution is -0.132. The number of carbonyl (C=O) groups is 1. The molecule has 0 saturated carbocycles. The number of amides is 1. The first-order valence-electron chi connectivity index (χ1n) is 7.72. The smallest absolute Gasteiger partial charge is 0.259 e. The minimum atomic E-state index is -0.465. The van der Waals surface area contributed by atoms with Gasteiger partial charge in [0.2, 0.25) is 0 Å². The fourth-order valence-corrected chi connectivity index (χ4v) is 3.91. The Balaban J connectivity index is 1.87. The van der Waals surface area contributed by atoms with Crippen LogP contribution in [0.1, 0.15) is 12.5 Å². The van der Waals surface area contributed by atoms with Crippen LogP contribution in [0.4, 0.5) is 5.00 Å². The molecular weight excluding hydrogens is 314 g/mol. The number of hydrogen-bond donors (Lipinski definition) is 1. The third-order valence-corrected chi connectivity index (χ3v) is 5.24. The lowest BCUT2D eigenvalue weighted by Crippen LogP contribution is -2.46. The standard InChI is InChI=1S/C16H21N3O3S/c1-4-10-8-19(3)16(21)11-7-13(23-14(10)11)17-15(20)12-9-18(2)5-6-22-12/h7-8,12H,4-6,9H2,1-3H3,(H,17,20). The number of nitrogens with zero attached hydrogens (tertiary/aromatic N) is 2. The van der Waals surface area contributed by atoms with Crippen LogP contribution >= 0.6 is 11.3 Å². The first-order chi connectivity index (χ1) is 11.0. The largest absolute Gasteiger partial charge is 0.366 e. The third kappa shape index (κ3) is 3.17. The van der Waals surface area contributed by atoms with Crippen LogP contribution < -0.4 is 10.9 Å². The second kappa shape index (κ2) is 6.43. The third-order valence-electron chi connectivity index (χ3n) is 4.11. The summed E-state index contributed by atoms with van der Waals surface area (Å²) < 4.78 is 8.08. The predicted molar refractivity (Wildman–Crippen MR) is 92.3 cm³/mol. The number of morpholine rings is 1. The van der Waals surface area contributed by atoms with E-state index in [1.807, 2.05) is 13.2 Å². The molecule has 124 valence electrons. The Morgan fingerprint density at radius 1 is 1.48 bits per heavy atom. The minimum absolute atomic E-state index is 0.0393. The van der Waals surface area contributed by atoms with E-state index in [9.17, 15) is 9.59 Å². The number of aryl methyl sites for hydroxylation is 2. The molecule has 3 rings (SSSR count). The van der Waals surface area contributed by atoms with Crippen molar-refractivity contribution in [2.24, 2.45) is 7.05 Å². The number of likely N-dealkylation sites (N-methyl/N-ethyl adjacent to an activating group) is 1. The SMILES string of the molecule is CCc1cn(C)c(=O)c2cc(NC(=O)C3CN(C)CCO3)sc12. The molecule has 1 atom stereocenters. The molecule has 1 aliphatic heterocycles. The van der Waals surface area contributed by atoms with Gasteiger partial charge in [-0.25, -0.2) is 0 Å². The van der Waals surface area contributed by atoms with E-state index in [0.29, 0.717) is 23.5 Å². The molecule has 0 bridgehead atoms. The second-order valence-corrected chi connectivity index (χ2v) is 6.94. The molecule has 0 radical (unpaired) electrons. The molecule has 0 spiro atoms. The first kappa shape index (κ1) is 16.2. The second-order valence-electron chi connectivity index (χ2n) is 5.89. The number of hydrogen-bond acceptors (Lipinski definition) is 5. The molecule has 3 heterocycles. The average molecular weight is 335 g/mol. The highest BCUT2D eigenvalue weighted by Gasteiger charge is 2.25. The Morgan fingerprint density at radius 3 is 2.96 bits per heavy atom. The molecule has 1 N–H and O–H groups in total. The average Bonchev–Trinajstić information content (AvgIpc) is 2.95. The number of rotatable bonds is 3. The summed E-state index contributed by atoms with van der Waals surface area (Å²) in [6.45, 7) is 4.03. The highest BCUT2D eigenvalue weighted by molar-refractivity contribution is 7.23. The maximum Gasteiger partial charge on any atom is 0.259 e. The zero-order valence-corrected chi connectivity index (χ0v) is 14.4. The monoisotopic (exact) mass is 335 g/mol. The van der Waals surface area contributed by atoms with Crippen LogP contribution in [0.15, 0.2) is 17.1 Å². The van der Waals surface area contributed by atoms with Gasteiger partial charge in [-0.3, -0.25) is 9.59 Å². The molecule has 0 aromatic carbocycles. The number of nitrogens with one attached hydrogen (secondary N) is 1. The van der Waals surface area contributed by atoms with E-state index in [2.05, 4.69) is 17.1 Å². The van der Waals surface area contributed by atoms with Gasteiger partial charge < -0.3 is 19.5 Å². The Bertz CT molecular complexity index is 796. The van der Waals surface area contributed by atoms with E-state index in [1.165, 1.54) is 11.3 Å². The summed E-state index contributed by atoms with van der Waals surface area (Å²) in [7, 11) is 3.72. The van der Waals surface area contributed by atoms with E-state index in [0.717, 1.165) is 23.2 Å². The van der Waals surface area contributed by atoms with Gasteiger partial charge in [0.1, 0.15) is 6.10 Å². The molecule has 0 aliphatic carbocycles. The van der Waals surface area contributed by atoms with Gasteiger partial charge in [-0.2, -0.15) is 0 Å². The van der Waals surface area contributed by atoms with Gasteiger partial charge in [0.25, 0.3) is 11.5 Å². The predicted octanol–water partition coefficient (Wildman–Crippen LogP) is 1.43. The van der Waals surface area contributed by atoms with Crippen LogP contribution in [0.2, 0.25) is 0 Å². The van der Waals surface area contributed by atoms with Crippen molar-refractivity contribution in [2.45, 2.75) is 19.4 Å². The number of aromatic nitrogens is 1. The topological polar surface area (TPSA) is 63.6 Å². The Morgan fingerprint density at radius 2 is 2.26 bits per heavy atom. The number of thiophene rings is 1. The van der Waals surface area contributed by atoms with Gasteiger partial charge in [-0.1, -0.05) is 6.92 Å². The Labute approximate surface area is 138 Å². The number of ether oxygens (including phenoxy) is 1. The molecular formula is C16H21N3O3S. The van der Waals surface area contributed by atoms with Crippen molar-refractivity contribution in [2.75, 3.05) is 32.1 Å². The minimum Gasteiger partial charge on any atom is -0.366 e. The fourth-order valence-electron chi connectivity index (χ4n) is 2.78. The summed E-state index contributed by atoms with van der Waals surface area (Å²) in [5.74, 6) is -0.155. The van der Waals surface area contributed by atoms with Crippen molar-refractivity contribution in [1.82, 2.24) is 9.47 Å². The van der Waals surface area contributed by atoms with E-state index >= 15 is 0 Å². The van der Waals surface area contributed by atoms with Gasteiger partial charge in [0.05, 0.1) is 17.0 Å². The van der Waals surface area contributed by atoms with Gasteiger partial charge in [-0.05, 0) is 25.1 Å². The summed E-state index contributed by atoms with van der Waals surface area (Å²) in [5, 5.41) is 4.25. The fraction of sp³-hybridized carbons (Fsp3) is 0.500. The number of fused-ring (bicyclic) bond motifs is 1. The summed E-state index contributed by atoms with van der Waals surface area (Å²) in [4.78, 5) is 26.7. The van der Waals surface area contributed by atoms with Crippen molar-refractivity contribution in [3.63, 3.8) is 0 Å². The number of pyridine rings is 1. The summed E-state index contributed by atoms with van der Waals surface area (Å²) in [6.07, 6.45) is 2.24. The van der Waals surface area contributed by atoms with Crippen molar-refractivity contribution in [3.05, 3.63) is 28.2 Å². The lowest BCUT2D eigenvalue weighted by atomic mass is 10.2. The number of anilines is 1. The van der Waals surface area contributed by atoms with Crippen molar-refractivity contribution in [3.8, 4) is 0 Å². The summed E-state index contributed by atoms with van der Waals surface area (Å²) >= 11 is 1.45. The van der Waals surface area contributed by atoms with E-state index in [4.69, 9.17) is 4.74 Å². The van der Waals surface area contributed by atoms with E-state index in [1.54, 1.807) is 17.7 Å². The van der Waals surface area contributed by atoms with Crippen LogP contribution in [0.3, 0.4) is 0 Å². The van der Waals surface area contributed by atoms with Gasteiger partial charge in [0, 0.05) is 31.0 Å².